The van der Waals surface area contributed by atoms with Crippen molar-refractivity contribution in [1.82, 2.24) is 10.2 Å². The highest BCUT2D eigenvalue weighted by atomic mass is 16.1. The standard InChI is InChI=1S/C19H28N2O/c1-3-21-13-11-18(12-14-21)20-19(22)15-16(2)9-10-17-7-5-4-6-8-17/h4-8,15,18H,3,9-14H2,1-2H3,(H,20,22)/b16-15+. The Balaban J connectivity index is 1.73. The van der Waals surface area contributed by atoms with Gasteiger partial charge in [-0.2, -0.15) is 0 Å². The van der Waals surface area contributed by atoms with Crippen LogP contribution < -0.4 is 5.32 Å². The van der Waals surface area contributed by atoms with Crippen molar-refractivity contribution < 1.29 is 4.79 Å². The molecular formula is C19H28N2O. The molecule has 1 N–H and O–H groups in total. The number of carbonyl (C=O) groups is 1. The van der Waals surface area contributed by atoms with Gasteiger partial charge in [-0.15, -0.1) is 0 Å². The first-order valence-electron chi connectivity index (χ1n) is 8.41. The first kappa shape index (κ1) is 16.8. The second-order valence-corrected chi connectivity index (χ2v) is 6.19. The lowest BCUT2D eigenvalue weighted by molar-refractivity contribution is -0.117. The van der Waals surface area contributed by atoms with E-state index in [4.69, 9.17) is 0 Å². The zero-order chi connectivity index (χ0) is 15.8. The quantitative estimate of drug-likeness (QED) is 0.819. The molecule has 0 saturated carbocycles. The predicted octanol–water partition coefficient (Wildman–Crippen LogP) is 3.17. The summed E-state index contributed by atoms with van der Waals surface area (Å²) in [6, 6.07) is 10.8. The summed E-state index contributed by atoms with van der Waals surface area (Å²) in [7, 11) is 0. The van der Waals surface area contributed by atoms with Gasteiger partial charge >= 0.3 is 0 Å². The van der Waals surface area contributed by atoms with E-state index >= 15 is 0 Å². The monoisotopic (exact) mass is 300 g/mol. The molecule has 0 atom stereocenters. The normalized spacial score (nSPS) is 17.5. The molecule has 22 heavy (non-hydrogen) atoms. The number of rotatable bonds is 6. The first-order valence-corrected chi connectivity index (χ1v) is 8.41. The largest absolute Gasteiger partial charge is 0.350 e. The number of hydrogen-bond donors (Lipinski definition) is 1. The second-order valence-electron chi connectivity index (χ2n) is 6.19. The summed E-state index contributed by atoms with van der Waals surface area (Å²) in [5.74, 6) is 0.0699. The molecule has 3 nitrogen and oxygen atoms in total. The number of nitrogens with zero attached hydrogens (tertiary/aromatic N) is 1. The summed E-state index contributed by atoms with van der Waals surface area (Å²) in [6.07, 6.45) is 5.83. The molecule has 0 aromatic heterocycles. The van der Waals surface area contributed by atoms with Crippen molar-refractivity contribution in [3.05, 3.63) is 47.5 Å². The maximum atomic E-state index is 12.1. The molecule has 1 heterocycles. The number of likely N-dealkylation sites (tertiary alicyclic amines) is 1. The third kappa shape index (κ3) is 5.64. The van der Waals surface area contributed by atoms with E-state index < -0.39 is 0 Å². The highest BCUT2D eigenvalue weighted by Crippen LogP contribution is 2.11. The number of allylic oxidation sites excluding steroid dienone is 1. The summed E-state index contributed by atoms with van der Waals surface area (Å²) >= 11 is 0. The van der Waals surface area contributed by atoms with Gasteiger partial charge in [0.15, 0.2) is 0 Å². The van der Waals surface area contributed by atoms with Gasteiger partial charge in [-0.25, -0.2) is 0 Å². The third-order valence-electron chi connectivity index (χ3n) is 4.41. The molecule has 1 aliphatic rings. The Kier molecular flexibility index (Phi) is 6.66. The zero-order valence-electron chi connectivity index (χ0n) is 13.8. The summed E-state index contributed by atoms with van der Waals surface area (Å²) in [5.41, 5.74) is 2.47. The van der Waals surface area contributed by atoms with Crippen LogP contribution in [0.3, 0.4) is 0 Å². The van der Waals surface area contributed by atoms with Gasteiger partial charge in [0.05, 0.1) is 0 Å². The molecule has 0 unspecified atom stereocenters. The lowest BCUT2D eigenvalue weighted by Crippen LogP contribution is -2.44. The van der Waals surface area contributed by atoms with Crippen LogP contribution in [0.1, 0.15) is 38.7 Å². The van der Waals surface area contributed by atoms with E-state index in [1.807, 2.05) is 13.0 Å². The van der Waals surface area contributed by atoms with Crippen molar-refractivity contribution >= 4 is 5.91 Å². The molecular weight excluding hydrogens is 272 g/mol. The van der Waals surface area contributed by atoms with Gasteiger partial charge < -0.3 is 10.2 Å². The third-order valence-corrected chi connectivity index (χ3v) is 4.41. The number of nitrogens with one attached hydrogen (secondary N) is 1. The van der Waals surface area contributed by atoms with E-state index in [1.54, 1.807) is 6.08 Å². The van der Waals surface area contributed by atoms with Crippen molar-refractivity contribution in [2.45, 2.75) is 45.6 Å². The number of aryl methyl sites for hydroxylation is 1. The average Bonchev–Trinajstić information content (AvgIpc) is 2.54. The fraction of sp³-hybridized carbons (Fsp3) is 0.526. The van der Waals surface area contributed by atoms with Gasteiger partial charge in [-0.1, -0.05) is 42.8 Å². The van der Waals surface area contributed by atoms with E-state index in [2.05, 4.69) is 41.4 Å². The van der Waals surface area contributed by atoms with Crippen LogP contribution in [0.2, 0.25) is 0 Å². The smallest absolute Gasteiger partial charge is 0.244 e. The Morgan fingerprint density at radius 3 is 2.59 bits per heavy atom. The molecule has 3 heteroatoms. The van der Waals surface area contributed by atoms with Crippen LogP contribution in [-0.2, 0) is 11.2 Å². The zero-order valence-corrected chi connectivity index (χ0v) is 13.8. The molecule has 1 aromatic rings. The van der Waals surface area contributed by atoms with E-state index in [-0.39, 0.29) is 5.91 Å². The van der Waals surface area contributed by atoms with Crippen molar-refractivity contribution in [2.75, 3.05) is 19.6 Å². The van der Waals surface area contributed by atoms with Crippen LogP contribution in [0.25, 0.3) is 0 Å². The molecule has 0 aliphatic carbocycles. The van der Waals surface area contributed by atoms with E-state index in [0.29, 0.717) is 6.04 Å². The number of carbonyl (C=O) groups excluding carboxylic acids is 1. The van der Waals surface area contributed by atoms with Gasteiger partial charge in [0.2, 0.25) is 5.91 Å². The van der Waals surface area contributed by atoms with Gasteiger partial charge in [-0.3, -0.25) is 4.79 Å². The van der Waals surface area contributed by atoms with Crippen LogP contribution in [0.5, 0.6) is 0 Å². The minimum atomic E-state index is 0.0699. The Bertz CT molecular complexity index is 487. The summed E-state index contributed by atoms with van der Waals surface area (Å²) < 4.78 is 0. The van der Waals surface area contributed by atoms with E-state index in [9.17, 15) is 4.79 Å². The fourth-order valence-corrected chi connectivity index (χ4v) is 2.92. The van der Waals surface area contributed by atoms with Crippen molar-refractivity contribution in [2.24, 2.45) is 0 Å². The second kappa shape index (κ2) is 8.74. The molecule has 1 aliphatic heterocycles. The van der Waals surface area contributed by atoms with Crippen molar-refractivity contribution in [1.29, 1.82) is 0 Å². The summed E-state index contributed by atoms with van der Waals surface area (Å²) in [5, 5.41) is 3.15. The van der Waals surface area contributed by atoms with E-state index in [0.717, 1.165) is 50.9 Å². The number of piperidine rings is 1. The summed E-state index contributed by atoms with van der Waals surface area (Å²) in [4.78, 5) is 14.5. The van der Waals surface area contributed by atoms with Gasteiger partial charge in [0.25, 0.3) is 0 Å². The molecule has 0 bridgehead atoms. The Morgan fingerprint density at radius 2 is 1.95 bits per heavy atom. The SMILES string of the molecule is CCN1CCC(NC(=O)/C=C(\C)CCc2ccccc2)CC1. The molecule has 1 aromatic carbocycles. The molecule has 120 valence electrons. The molecule has 1 amide bonds. The van der Waals surface area contributed by atoms with Crippen molar-refractivity contribution in [3.63, 3.8) is 0 Å². The highest BCUT2D eigenvalue weighted by Gasteiger charge is 2.18. The average molecular weight is 300 g/mol. The lowest BCUT2D eigenvalue weighted by Gasteiger charge is -2.31. The Hall–Kier alpha value is -1.61. The summed E-state index contributed by atoms with van der Waals surface area (Å²) in [6.45, 7) is 7.54. The van der Waals surface area contributed by atoms with E-state index in [1.165, 1.54) is 5.56 Å². The minimum absolute atomic E-state index is 0.0699. The van der Waals surface area contributed by atoms with Crippen molar-refractivity contribution in [3.8, 4) is 0 Å². The first-order chi connectivity index (χ1) is 10.7. The molecule has 1 saturated heterocycles. The lowest BCUT2D eigenvalue weighted by atomic mass is 10.0. The number of amides is 1. The highest BCUT2D eigenvalue weighted by molar-refractivity contribution is 5.88. The molecule has 2 rings (SSSR count). The van der Waals surface area contributed by atoms with Gasteiger partial charge in [0, 0.05) is 25.2 Å². The van der Waals surface area contributed by atoms with Gasteiger partial charge in [0.1, 0.15) is 0 Å². The maximum Gasteiger partial charge on any atom is 0.244 e. The maximum absolute atomic E-state index is 12.1. The number of hydrogen-bond acceptors (Lipinski definition) is 2. The molecule has 0 radical (unpaired) electrons. The number of benzene rings is 1. The molecule has 0 spiro atoms. The molecule has 1 fully saturated rings. The fourth-order valence-electron chi connectivity index (χ4n) is 2.92. The van der Waals surface area contributed by atoms with Crippen LogP contribution in [0.15, 0.2) is 42.0 Å². The minimum Gasteiger partial charge on any atom is -0.350 e. The Labute approximate surface area is 134 Å². The topological polar surface area (TPSA) is 32.3 Å². The van der Waals surface area contributed by atoms with Crippen LogP contribution >= 0.6 is 0 Å². The van der Waals surface area contributed by atoms with Gasteiger partial charge in [-0.05, 0) is 44.7 Å². The predicted molar refractivity (Wildman–Crippen MR) is 91.8 cm³/mol. The Morgan fingerprint density at radius 1 is 1.27 bits per heavy atom. The van der Waals surface area contributed by atoms with Crippen LogP contribution in [0, 0.1) is 0 Å². The van der Waals surface area contributed by atoms with Crippen LogP contribution in [0.4, 0.5) is 0 Å². The van der Waals surface area contributed by atoms with Crippen LogP contribution in [-0.4, -0.2) is 36.5 Å².